The van der Waals surface area contributed by atoms with E-state index >= 15 is 0 Å². The lowest BCUT2D eigenvalue weighted by Crippen LogP contribution is -2.16. The van der Waals surface area contributed by atoms with E-state index in [0.29, 0.717) is 12.3 Å². The molecule has 1 N–H and O–H groups in total. The number of nitrogens with one attached hydrogen (secondary N) is 1. The Balaban J connectivity index is 2.24. The quantitative estimate of drug-likeness (QED) is 0.895. The molecule has 0 spiro atoms. The number of ether oxygens (including phenoxy) is 1. The van der Waals surface area contributed by atoms with Gasteiger partial charge in [0, 0.05) is 17.3 Å². The van der Waals surface area contributed by atoms with E-state index in [9.17, 15) is 13.6 Å². The van der Waals surface area contributed by atoms with Gasteiger partial charge in [0.1, 0.15) is 17.2 Å². The van der Waals surface area contributed by atoms with Crippen molar-refractivity contribution in [1.29, 1.82) is 0 Å². The largest absolute Gasteiger partial charge is 0.380 e. The number of hydrogen-bond acceptors (Lipinski definition) is 2. The second-order valence-corrected chi connectivity index (χ2v) is 5.25. The minimum atomic E-state index is -0.924. The van der Waals surface area contributed by atoms with Crippen LogP contribution >= 0.6 is 15.9 Å². The van der Waals surface area contributed by atoms with Crippen molar-refractivity contribution in [2.24, 2.45) is 0 Å². The molecule has 0 heterocycles. The maximum absolute atomic E-state index is 13.7. The fourth-order valence-corrected chi connectivity index (χ4v) is 2.26. The van der Waals surface area contributed by atoms with E-state index in [2.05, 4.69) is 21.2 Å². The molecule has 2 aromatic carbocycles. The zero-order chi connectivity index (χ0) is 15.4. The molecule has 0 atom stereocenters. The Labute approximate surface area is 129 Å². The van der Waals surface area contributed by atoms with Crippen LogP contribution in [-0.2, 0) is 11.3 Å². The lowest BCUT2D eigenvalue weighted by atomic mass is 10.1. The number of halogens is 3. The number of carbonyl (C=O) groups excluding carboxylic acids is 1. The van der Waals surface area contributed by atoms with Crippen LogP contribution in [0.4, 0.5) is 14.5 Å². The summed E-state index contributed by atoms with van der Waals surface area (Å²) in [6.07, 6.45) is 0. The van der Waals surface area contributed by atoms with Gasteiger partial charge in [0.2, 0.25) is 0 Å². The van der Waals surface area contributed by atoms with Crippen LogP contribution in [0.5, 0.6) is 0 Å². The molecule has 0 saturated carbocycles. The molecule has 0 aliphatic carbocycles. The molecule has 2 aromatic rings. The summed E-state index contributed by atoms with van der Waals surface area (Å²) in [6.45, 7) is 0.380. The van der Waals surface area contributed by atoms with Crippen molar-refractivity contribution in [3.63, 3.8) is 0 Å². The predicted octanol–water partition coefficient (Wildman–Crippen LogP) is 4.13. The highest BCUT2D eigenvalue weighted by atomic mass is 79.9. The van der Waals surface area contributed by atoms with E-state index in [1.165, 1.54) is 0 Å². The van der Waals surface area contributed by atoms with E-state index in [4.69, 9.17) is 4.74 Å². The zero-order valence-corrected chi connectivity index (χ0v) is 12.7. The van der Waals surface area contributed by atoms with Gasteiger partial charge < -0.3 is 10.1 Å². The molecule has 0 radical (unpaired) electrons. The Morgan fingerprint density at radius 2 is 1.90 bits per heavy atom. The van der Waals surface area contributed by atoms with Crippen LogP contribution in [0.15, 0.2) is 40.9 Å². The first kappa shape index (κ1) is 15.6. The van der Waals surface area contributed by atoms with Gasteiger partial charge in [0.05, 0.1) is 6.61 Å². The van der Waals surface area contributed by atoms with Crippen molar-refractivity contribution in [2.75, 3.05) is 12.4 Å². The monoisotopic (exact) mass is 355 g/mol. The number of benzene rings is 2. The first-order chi connectivity index (χ1) is 10.0. The van der Waals surface area contributed by atoms with E-state index in [1.54, 1.807) is 25.3 Å². The van der Waals surface area contributed by atoms with Crippen LogP contribution in [0, 0.1) is 11.6 Å². The Hall–Kier alpha value is -1.79. The molecule has 110 valence electrons. The molecule has 6 heteroatoms. The average Bonchev–Trinajstić information content (AvgIpc) is 2.38. The molecule has 2 rings (SSSR count). The predicted molar refractivity (Wildman–Crippen MR) is 79.2 cm³/mol. The molecule has 21 heavy (non-hydrogen) atoms. The highest BCUT2D eigenvalue weighted by Crippen LogP contribution is 2.21. The lowest BCUT2D eigenvalue weighted by Gasteiger charge is -2.09. The summed E-state index contributed by atoms with van der Waals surface area (Å²) in [5.74, 6) is -2.69. The molecular formula is C15H12BrF2NO2. The number of amides is 1. The fourth-order valence-electron chi connectivity index (χ4n) is 1.86. The van der Waals surface area contributed by atoms with E-state index in [1.807, 2.05) is 6.07 Å². The van der Waals surface area contributed by atoms with Gasteiger partial charge in [-0.1, -0.05) is 28.1 Å². The van der Waals surface area contributed by atoms with Gasteiger partial charge >= 0.3 is 0 Å². The van der Waals surface area contributed by atoms with Crippen LogP contribution < -0.4 is 5.32 Å². The van der Waals surface area contributed by atoms with Gasteiger partial charge in [-0.3, -0.25) is 4.79 Å². The van der Waals surface area contributed by atoms with Crippen molar-refractivity contribution in [1.82, 2.24) is 0 Å². The zero-order valence-electron chi connectivity index (χ0n) is 11.1. The number of anilines is 1. The number of carbonyl (C=O) groups is 1. The third-order valence-corrected chi connectivity index (χ3v) is 3.19. The van der Waals surface area contributed by atoms with Crippen LogP contribution in [0.2, 0.25) is 0 Å². The highest BCUT2D eigenvalue weighted by Gasteiger charge is 2.18. The lowest BCUT2D eigenvalue weighted by molar-refractivity contribution is 0.101. The summed E-state index contributed by atoms with van der Waals surface area (Å²) >= 11 is 2.96. The van der Waals surface area contributed by atoms with Crippen molar-refractivity contribution in [2.45, 2.75) is 6.61 Å². The molecule has 0 saturated heterocycles. The van der Waals surface area contributed by atoms with Crippen molar-refractivity contribution in [3.05, 3.63) is 63.6 Å². The summed E-state index contributed by atoms with van der Waals surface area (Å²) in [6, 6.07) is 8.93. The molecular weight excluding hydrogens is 344 g/mol. The van der Waals surface area contributed by atoms with Crippen LogP contribution in [0.25, 0.3) is 0 Å². The molecule has 1 amide bonds. The minimum Gasteiger partial charge on any atom is -0.380 e. The number of methoxy groups -OCH3 is 1. The summed E-state index contributed by atoms with van der Waals surface area (Å²) in [5, 5.41) is 2.47. The van der Waals surface area contributed by atoms with Gasteiger partial charge in [-0.05, 0) is 29.8 Å². The second kappa shape index (κ2) is 6.78. The van der Waals surface area contributed by atoms with Crippen LogP contribution in [0.3, 0.4) is 0 Å². The SMILES string of the molecule is COCc1cccc(NC(=O)c2c(F)cc(Br)cc2F)c1. The van der Waals surface area contributed by atoms with E-state index in [-0.39, 0.29) is 4.47 Å². The van der Waals surface area contributed by atoms with E-state index in [0.717, 1.165) is 17.7 Å². The van der Waals surface area contributed by atoms with Crippen molar-refractivity contribution < 1.29 is 18.3 Å². The fraction of sp³-hybridized carbons (Fsp3) is 0.133. The molecule has 0 aromatic heterocycles. The van der Waals surface area contributed by atoms with Gasteiger partial charge in [0.25, 0.3) is 5.91 Å². The molecule has 0 fully saturated rings. The van der Waals surface area contributed by atoms with Gasteiger partial charge in [-0.15, -0.1) is 0 Å². The third-order valence-electron chi connectivity index (χ3n) is 2.73. The highest BCUT2D eigenvalue weighted by molar-refractivity contribution is 9.10. The molecule has 0 unspecified atom stereocenters. The average molecular weight is 356 g/mol. The maximum atomic E-state index is 13.7. The summed E-state index contributed by atoms with van der Waals surface area (Å²) in [7, 11) is 1.55. The maximum Gasteiger partial charge on any atom is 0.261 e. The standard InChI is InChI=1S/C15H12BrF2NO2/c1-21-8-9-3-2-4-11(5-9)19-15(20)14-12(17)6-10(16)7-13(14)18/h2-7H,8H2,1H3,(H,19,20). The molecule has 0 aliphatic rings. The summed E-state index contributed by atoms with van der Waals surface area (Å²) < 4.78 is 32.6. The van der Waals surface area contributed by atoms with Gasteiger partial charge in [-0.2, -0.15) is 0 Å². The Bertz CT molecular complexity index is 653. The number of hydrogen-bond donors (Lipinski definition) is 1. The Kier molecular flexibility index (Phi) is 5.03. The minimum absolute atomic E-state index is 0.233. The van der Waals surface area contributed by atoms with Crippen molar-refractivity contribution in [3.8, 4) is 0 Å². The first-order valence-corrected chi connectivity index (χ1v) is 6.84. The normalized spacial score (nSPS) is 10.5. The summed E-state index contributed by atoms with van der Waals surface area (Å²) in [5.41, 5.74) is 0.665. The second-order valence-electron chi connectivity index (χ2n) is 4.33. The van der Waals surface area contributed by atoms with Crippen LogP contribution in [0.1, 0.15) is 15.9 Å². The molecule has 0 bridgehead atoms. The molecule has 3 nitrogen and oxygen atoms in total. The topological polar surface area (TPSA) is 38.3 Å². The van der Waals surface area contributed by atoms with Crippen LogP contribution in [-0.4, -0.2) is 13.0 Å². The summed E-state index contributed by atoms with van der Waals surface area (Å²) in [4.78, 5) is 12.0. The van der Waals surface area contributed by atoms with Crippen molar-refractivity contribution >= 4 is 27.5 Å². The van der Waals surface area contributed by atoms with Gasteiger partial charge in [-0.25, -0.2) is 8.78 Å². The van der Waals surface area contributed by atoms with Gasteiger partial charge in [0.15, 0.2) is 0 Å². The third kappa shape index (κ3) is 3.86. The van der Waals surface area contributed by atoms with E-state index < -0.39 is 23.1 Å². The Morgan fingerprint density at radius 3 is 2.52 bits per heavy atom. The first-order valence-electron chi connectivity index (χ1n) is 6.05. The Morgan fingerprint density at radius 1 is 1.24 bits per heavy atom. The number of rotatable bonds is 4. The molecule has 0 aliphatic heterocycles. The smallest absolute Gasteiger partial charge is 0.261 e.